The summed E-state index contributed by atoms with van der Waals surface area (Å²) in [6, 6.07) is 0. The fraction of sp³-hybridized carbons (Fsp3) is 0.250. The molecule has 0 aliphatic heterocycles. The van der Waals surface area contributed by atoms with Crippen LogP contribution in [0.5, 0.6) is 0 Å². The molecule has 0 unspecified atom stereocenters. The van der Waals surface area contributed by atoms with Crippen LogP contribution in [0.1, 0.15) is 0 Å². The minimum absolute atomic E-state index is 0.0332. The van der Waals surface area contributed by atoms with E-state index in [0.29, 0.717) is 0 Å². The molecule has 0 fully saturated rings. The van der Waals surface area contributed by atoms with Gasteiger partial charge in [-0.3, -0.25) is 4.79 Å². The van der Waals surface area contributed by atoms with Gasteiger partial charge in [0.2, 0.25) is 5.91 Å². The van der Waals surface area contributed by atoms with Crippen LogP contribution in [0, 0.1) is 0 Å². The van der Waals surface area contributed by atoms with Crippen molar-refractivity contribution in [3.05, 3.63) is 11.1 Å². The number of rotatable bonds is 2. The molecule has 0 saturated carbocycles. The van der Waals surface area contributed by atoms with E-state index < -0.39 is 10.7 Å². The van der Waals surface area contributed by atoms with Gasteiger partial charge in [-0.25, -0.2) is 0 Å². The fourth-order valence-corrected chi connectivity index (χ4v) is 0.432. The predicted octanol–water partition coefficient (Wildman–Crippen LogP) is 1.40. The maximum Gasteiger partial charge on any atom is 0.242 e. The first-order valence-corrected chi connectivity index (χ1v) is 3.24. The van der Waals surface area contributed by atoms with Gasteiger partial charge in [-0.2, -0.15) is 0 Å². The minimum Gasteiger partial charge on any atom is -0.366 e. The standard InChI is InChI=1S/C4H4Cl3NO/c5-2(4(6)7)1-3(8)9/h1,4H,(H2,8,9)/b2-1-. The summed E-state index contributed by atoms with van der Waals surface area (Å²) >= 11 is 15.8. The van der Waals surface area contributed by atoms with Gasteiger partial charge in [0.25, 0.3) is 0 Å². The summed E-state index contributed by atoms with van der Waals surface area (Å²) in [5.74, 6) is -0.661. The molecule has 9 heavy (non-hydrogen) atoms. The van der Waals surface area contributed by atoms with Gasteiger partial charge in [0, 0.05) is 6.08 Å². The number of hydrogen-bond acceptors (Lipinski definition) is 1. The molecule has 0 aliphatic carbocycles. The summed E-state index contributed by atoms with van der Waals surface area (Å²) in [5, 5.41) is 0.0332. The van der Waals surface area contributed by atoms with Gasteiger partial charge in [-0.1, -0.05) is 34.8 Å². The zero-order valence-corrected chi connectivity index (χ0v) is 6.54. The number of carbonyl (C=O) groups excluding carboxylic acids is 1. The molecule has 2 N–H and O–H groups in total. The van der Waals surface area contributed by atoms with Crippen LogP contribution in [0.4, 0.5) is 0 Å². The monoisotopic (exact) mass is 187 g/mol. The quantitative estimate of drug-likeness (QED) is 0.517. The molecule has 0 saturated heterocycles. The van der Waals surface area contributed by atoms with Crippen molar-refractivity contribution in [3.8, 4) is 0 Å². The lowest BCUT2D eigenvalue weighted by Gasteiger charge is -1.93. The molecule has 0 aromatic rings. The van der Waals surface area contributed by atoms with Gasteiger partial charge in [0.05, 0.1) is 5.03 Å². The first-order valence-electron chi connectivity index (χ1n) is 1.98. The van der Waals surface area contributed by atoms with E-state index in [1.807, 2.05) is 0 Å². The SMILES string of the molecule is NC(=O)/C=C(\Cl)C(Cl)Cl. The number of amides is 1. The summed E-state index contributed by atoms with van der Waals surface area (Å²) in [5.41, 5.74) is 4.71. The highest BCUT2D eigenvalue weighted by Gasteiger charge is 2.03. The summed E-state index contributed by atoms with van der Waals surface area (Å²) in [6.45, 7) is 0. The van der Waals surface area contributed by atoms with E-state index in [-0.39, 0.29) is 5.03 Å². The third-order valence-corrected chi connectivity index (χ3v) is 1.51. The zero-order chi connectivity index (χ0) is 7.44. The van der Waals surface area contributed by atoms with E-state index in [1.54, 1.807) is 0 Å². The Morgan fingerprint density at radius 1 is 1.56 bits per heavy atom. The average Bonchev–Trinajstić information content (AvgIpc) is 1.63. The van der Waals surface area contributed by atoms with E-state index in [9.17, 15) is 4.79 Å². The number of hydrogen-bond donors (Lipinski definition) is 1. The summed E-state index contributed by atoms with van der Waals surface area (Å²) in [4.78, 5) is 9.18. The molecule has 0 spiro atoms. The molecule has 1 amide bonds. The lowest BCUT2D eigenvalue weighted by Crippen LogP contribution is -2.07. The summed E-state index contributed by atoms with van der Waals surface area (Å²) < 4.78 is 0. The lowest BCUT2D eigenvalue weighted by molar-refractivity contribution is -0.113. The Morgan fingerprint density at radius 2 is 2.00 bits per heavy atom. The number of carbonyl (C=O) groups is 1. The number of allylic oxidation sites excluding steroid dienone is 1. The van der Waals surface area contributed by atoms with Gasteiger partial charge >= 0.3 is 0 Å². The number of halogens is 3. The lowest BCUT2D eigenvalue weighted by atomic mass is 10.5. The molecule has 0 aromatic heterocycles. The van der Waals surface area contributed by atoms with Crippen molar-refractivity contribution in [2.75, 3.05) is 0 Å². The van der Waals surface area contributed by atoms with Crippen LogP contribution in [-0.2, 0) is 4.79 Å². The second kappa shape index (κ2) is 3.99. The summed E-state index contributed by atoms with van der Waals surface area (Å²) in [6.07, 6.45) is 0.965. The van der Waals surface area contributed by atoms with Gasteiger partial charge < -0.3 is 5.73 Å². The van der Waals surface area contributed by atoms with Crippen molar-refractivity contribution in [2.45, 2.75) is 4.84 Å². The highest BCUT2D eigenvalue weighted by molar-refractivity contribution is 6.52. The minimum atomic E-state index is -0.876. The molecule has 0 atom stereocenters. The van der Waals surface area contributed by atoms with Gasteiger partial charge in [0.1, 0.15) is 4.84 Å². The first-order chi connectivity index (χ1) is 4.04. The molecule has 0 aromatic carbocycles. The Balaban J connectivity index is 4.00. The van der Waals surface area contributed by atoms with E-state index in [4.69, 9.17) is 40.5 Å². The van der Waals surface area contributed by atoms with Crippen molar-refractivity contribution in [2.24, 2.45) is 5.73 Å². The number of primary amides is 1. The van der Waals surface area contributed by atoms with Crippen LogP contribution >= 0.6 is 34.8 Å². The van der Waals surface area contributed by atoms with Crippen molar-refractivity contribution in [1.29, 1.82) is 0 Å². The third-order valence-electron chi connectivity index (χ3n) is 0.489. The topological polar surface area (TPSA) is 43.1 Å². The Kier molecular flexibility index (Phi) is 4.02. The Bertz CT molecular complexity index is 143. The Hall–Kier alpha value is 0.0800. The van der Waals surface area contributed by atoms with E-state index >= 15 is 0 Å². The van der Waals surface area contributed by atoms with Crippen molar-refractivity contribution in [3.63, 3.8) is 0 Å². The first kappa shape index (κ1) is 9.08. The fourth-order valence-electron chi connectivity index (χ4n) is 0.199. The van der Waals surface area contributed by atoms with Crippen molar-refractivity contribution < 1.29 is 4.79 Å². The molecule has 2 nitrogen and oxygen atoms in total. The van der Waals surface area contributed by atoms with Crippen LogP contribution in [0.2, 0.25) is 0 Å². The van der Waals surface area contributed by atoms with Crippen LogP contribution in [0.15, 0.2) is 11.1 Å². The van der Waals surface area contributed by atoms with Crippen molar-refractivity contribution >= 4 is 40.7 Å². The Morgan fingerprint density at radius 3 is 2.11 bits per heavy atom. The highest BCUT2D eigenvalue weighted by atomic mass is 35.5. The molecular weight excluding hydrogens is 184 g/mol. The van der Waals surface area contributed by atoms with Crippen LogP contribution in [0.25, 0.3) is 0 Å². The predicted molar refractivity (Wildman–Crippen MR) is 38.6 cm³/mol. The zero-order valence-electron chi connectivity index (χ0n) is 4.27. The van der Waals surface area contributed by atoms with Crippen molar-refractivity contribution in [1.82, 2.24) is 0 Å². The molecule has 52 valence electrons. The average molecular weight is 188 g/mol. The maximum atomic E-state index is 10.1. The largest absolute Gasteiger partial charge is 0.366 e. The van der Waals surface area contributed by atoms with E-state index in [0.717, 1.165) is 6.08 Å². The Labute approximate surface area is 67.6 Å². The maximum absolute atomic E-state index is 10.1. The van der Waals surface area contributed by atoms with Gasteiger partial charge in [-0.15, -0.1) is 0 Å². The molecule has 0 heterocycles. The van der Waals surface area contributed by atoms with Crippen LogP contribution < -0.4 is 5.73 Å². The normalized spacial score (nSPS) is 12.2. The molecular formula is C4H4Cl3NO. The van der Waals surface area contributed by atoms with E-state index in [2.05, 4.69) is 0 Å². The second-order valence-corrected chi connectivity index (χ2v) is 2.76. The molecule has 0 rings (SSSR count). The number of alkyl halides is 2. The molecule has 0 aliphatic rings. The highest BCUT2D eigenvalue weighted by Crippen LogP contribution is 2.17. The van der Waals surface area contributed by atoms with E-state index in [1.165, 1.54) is 0 Å². The molecule has 5 heteroatoms. The second-order valence-electron chi connectivity index (χ2n) is 1.23. The molecule has 0 bridgehead atoms. The summed E-state index contributed by atoms with van der Waals surface area (Å²) in [7, 11) is 0. The van der Waals surface area contributed by atoms with Gasteiger partial charge in [-0.05, 0) is 0 Å². The van der Waals surface area contributed by atoms with Crippen LogP contribution in [-0.4, -0.2) is 10.7 Å². The third kappa shape index (κ3) is 4.58. The smallest absolute Gasteiger partial charge is 0.242 e. The van der Waals surface area contributed by atoms with Crippen LogP contribution in [0.3, 0.4) is 0 Å². The number of nitrogens with two attached hydrogens (primary N) is 1. The van der Waals surface area contributed by atoms with Gasteiger partial charge in [0.15, 0.2) is 0 Å². The molecule has 0 radical (unpaired) electrons.